The SMILES string of the molecule is OCCC1CNc2c3ccc(F)cc3nn2C1. The van der Waals surface area contributed by atoms with E-state index in [1.807, 2.05) is 4.68 Å². The van der Waals surface area contributed by atoms with Crippen LogP contribution in [0.2, 0.25) is 0 Å². The highest BCUT2D eigenvalue weighted by atomic mass is 19.1. The lowest BCUT2D eigenvalue weighted by Gasteiger charge is -2.24. The number of rotatable bonds is 2. The topological polar surface area (TPSA) is 50.1 Å². The molecule has 0 spiro atoms. The van der Waals surface area contributed by atoms with Crippen LogP contribution in [0, 0.1) is 11.7 Å². The van der Waals surface area contributed by atoms with Gasteiger partial charge in [-0.25, -0.2) is 9.07 Å². The van der Waals surface area contributed by atoms with Crippen LogP contribution in [-0.4, -0.2) is 28.0 Å². The summed E-state index contributed by atoms with van der Waals surface area (Å²) in [6.07, 6.45) is 0.761. The molecule has 3 rings (SSSR count). The largest absolute Gasteiger partial charge is 0.396 e. The number of fused-ring (bicyclic) bond motifs is 3. The highest BCUT2D eigenvalue weighted by molar-refractivity contribution is 5.90. The van der Waals surface area contributed by atoms with E-state index in [9.17, 15) is 4.39 Å². The highest BCUT2D eigenvalue weighted by Crippen LogP contribution is 2.28. The number of hydrogen-bond donors (Lipinski definition) is 2. The first-order valence-electron chi connectivity index (χ1n) is 5.78. The molecule has 1 aliphatic heterocycles. The Hall–Kier alpha value is -1.62. The van der Waals surface area contributed by atoms with Crippen molar-refractivity contribution >= 4 is 16.7 Å². The molecule has 1 unspecified atom stereocenters. The first-order chi connectivity index (χ1) is 8.28. The first-order valence-corrected chi connectivity index (χ1v) is 5.78. The van der Waals surface area contributed by atoms with Crippen molar-refractivity contribution in [3.8, 4) is 0 Å². The third kappa shape index (κ3) is 1.76. The molecule has 2 aromatic rings. The normalized spacial score (nSPS) is 19.1. The molecule has 0 saturated carbocycles. The summed E-state index contributed by atoms with van der Waals surface area (Å²) in [5.74, 6) is 1.07. The standard InChI is InChI=1S/C12H14FN3O/c13-9-1-2-10-11(5-9)15-16-7-8(3-4-17)6-14-12(10)16/h1-2,5,8,14,17H,3-4,6-7H2. The average molecular weight is 235 g/mol. The molecule has 0 saturated heterocycles. The van der Waals surface area contributed by atoms with Crippen LogP contribution in [0.25, 0.3) is 10.9 Å². The lowest BCUT2D eigenvalue weighted by Crippen LogP contribution is -2.28. The number of nitrogens with one attached hydrogen (secondary N) is 1. The van der Waals surface area contributed by atoms with Crippen molar-refractivity contribution in [1.82, 2.24) is 9.78 Å². The van der Waals surface area contributed by atoms with Gasteiger partial charge in [0.1, 0.15) is 11.6 Å². The smallest absolute Gasteiger partial charge is 0.132 e. The van der Waals surface area contributed by atoms with Gasteiger partial charge >= 0.3 is 0 Å². The number of aliphatic hydroxyl groups excluding tert-OH is 1. The van der Waals surface area contributed by atoms with Gasteiger partial charge in [-0.1, -0.05) is 0 Å². The van der Waals surface area contributed by atoms with Crippen molar-refractivity contribution in [2.24, 2.45) is 5.92 Å². The molecule has 0 radical (unpaired) electrons. The van der Waals surface area contributed by atoms with Crippen LogP contribution in [0.4, 0.5) is 10.2 Å². The number of halogens is 1. The summed E-state index contributed by atoms with van der Waals surface area (Å²) in [4.78, 5) is 0. The monoisotopic (exact) mass is 235 g/mol. The van der Waals surface area contributed by atoms with Crippen molar-refractivity contribution in [2.75, 3.05) is 18.5 Å². The van der Waals surface area contributed by atoms with Gasteiger partial charge in [0.25, 0.3) is 0 Å². The van der Waals surface area contributed by atoms with Gasteiger partial charge in [-0.2, -0.15) is 5.10 Å². The predicted molar refractivity (Wildman–Crippen MR) is 63.4 cm³/mol. The van der Waals surface area contributed by atoms with Gasteiger partial charge in [-0.05, 0) is 24.5 Å². The van der Waals surface area contributed by atoms with Crippen LogP contribution < -0.4 is 5.32 Å². The minimum Gasteiger partial charge on any atom is -0.396 e. The van der Waals surface area contributed by atoms with Crippen LogP contribution >= 0.6 is 0 Å². The van der Waals surface area contributed by atoms with Gasteiger partial charge in [0.15, 0.2) is 0 Å². The molecule has 2 heterocycles. The molecule has 0 aliphatic carbocycles. The zero-order valence-electron chi connectivity index (χ0n) is 9.36. The molecule has 2 N–H and O–H groups in total. The summed E-state index contributed by atoms with van der Waals surface area (Å²) >= 11 is 0. The van der Waals surface area contributed by atoms with Gasteiger partial charge in [0.2, 0.25) is 0 Å². The molecule has 1 aliphatic rings. The fourth-order valence-corrected chi connectivity index (χ4v) is 2.35. The molecule has 4 nitrogen and oxygen atoms in total. The zero-order valence-corrected chi connectivity index (χ0v) is 9.36. The van der Waals surface area contributed by atoms with Crippen LogP contribution in [0.1, 0.15) is 6.42 Å². The van der Waals surface area contributed by atoms with Crippen LogP contribution in [-0.2, 0) is 6.54 Å². The number of aliphatic hydroxyl groups is 1. The van der Waals surface area contributed by atoms with E-state index in [0.29, 0.717) is 11.4 Å². The molecule has 5 heteroatoms. The van der Waals surface area contributed by atoms with Gasteiger partial charge in [0, 0.05) is 31.1 Å². The van der Waals surface area contributed by atoms with Gasteiger partial charge < -0.3 is 10.4 Å². The van der Waals surface area contributed by atoms with Gasteiger partial charge in [-0.3, -0.25) is 0 Å². The summed E-state index contributed by atoms with van der Waals surface area (Å²) < 4.78 is 15.0. The fraction of sp³-hybridized carbons (Fsp3) is 0.417. The van der Waals surface area contributed by atoms with E-state index in [2.05, 4.69) is 10.4 Å². The van der Waals surface area contributed by atoms with E-state index in [1.54, 1.807) is 6.07 Å². The van der Waals surface area contributed by atoms with E-state index >= 15 is 0 Å². The van der Waals surface area contributed by atoms with E-state index in [1.165, 1.54) is 12.1 Å². The van der Waals surface area contributed by atoms with Crippen LogP contribution in [0.15, 0.2) is 18.2 Å². The number of hydrogen-bond acceptors (Lipinski definition) is 3. The van der Waals surface area contributed by atoms with Crippen molar-refractivity contribution in [3.05, 3.63) is 24.0 Å². The maximum Gasteiger partial charge on any atom is 0.132 e. The maximum atomic E-state index is 13.1. The van der Waals surface area contributed by atoms with E-state index in [-0.39, 0.29) is 12.4 Å². The number of anilines is 1. The Labute approximate surface area is 98.0 Å². The maximum absolute atomic E-state index is 13.1. The first kappa shape index (κ1) is 10.5. The lowest BCUT2D eigenvalue weighted by molar-refractivity contribution is 0.245. The second kappa shape index (κ2) is 4.00. The van der Waals surface area contributed by atoms with Crippen molar-refractivity contribution in [2.45, 2.75) is 13.0 Å². The Balaban J connectivity index is 2.01. The molecule has 1 aromatic heterocycles. The van der Waals surface area contributed by atoms with Gasteiger partial charge in [0.05, 0.1) is 5.52 Å². The molecule has 17 heavy (non-hydrogen) atoms. The molecule has 1 atom stereocenters. The van der Waals surface area contributed by atoms with E-state index < -0.39 is 0 Å². The molecule has 0 amide bonds. The third-order valence-electron chi connectivity index (χ3n) is 3.23. The highest BCUT2D eigenvalue weighted by Gasteiger charge is 2.21. The molecule has 0 bridgehead atoms. The third-order valence-corrected chi connectivity index (χ3v) is 3.23. The average Bonchev–Trinajstić information content (AvgIpc) is 2.65. The van der Waals surface area contributed by atoms with E-state index in [0.717, 1.165) is 30.7 Å². The summed E-state index contributed by atoms with van der Waals surface area (Å²) in [6, 6.07) is 4.65. The second-order valence-corrected chi connectivity index (χ2v) is 4.45. The predicted octanol–water partition coefficient (Wildman–Crippen LogP) is 1.60. The van der Waals surface area contributed by atoms with Crippen molar-refractivity contribution < 1.29 is 9.50 Å². The van der Waals surface area contributed by atoms with Crippen molar-refractivity contribution in [1.29, 1.82) is 0 Å². The minimum absolute atomic E-state index is 0.192. The van der Waals surface area contributed by atoms with Crippen molar-refractivity contribution in [3.63, 3.8) is 0 Å². The summed E-state index contributed by atoms with van der Waals surface area (Å²) in [7, 11) is 0. The minimum atomic E-state index is -0.264. The number of nitrogens with zero attached hydrogens (tertiary/aromatic N) is 2. The second-order valence-electron chi connectivity index (χ2n) is 4.45. The Morgan fingerprint density at radius 3 is 3.24 bits per heavy atom. The lowest BCUT2D eigenvalue weighted by atomic mass is 10.0. The molecule has 1 aromatic carbocycles. The summed E-state index contributed by atoms with van der Waals surface area (Å²) in [5, 5.41) is 17.6. The van der Waals surface area contributed by atoms with Gasteiger partial charge in [-0.15, -0.1) is 0 Å². The Bertz CT molecular complexity index is 552. The van der Waals surface area contributed by atoms with Crippen LogP contribution in [0.5, 0.6) is 0 Å². The van der Waals surface area contributed by atoms with Crippen LogP contribution in [0.3, 0.4) is 0 Å². The Kier molecular flexibility index (Phi) is 2.48. The Morgan fingerprint density at radius 2 is 2.41 bits per heavy atom. The fourth-order valence-electron chi connectivity index (χ4n) is 2.35. The van der Waals surface area contributed by atoms with E-state index in [4.69, 9.17) is 5.11 Å². The number of aromatic nitrogens is 2. The zero-order chi connectivity index (χ0) is 11.8. The Morgan fingerprint density at radius 1 is 1.53 bits per heavy atom. The molecule has 0 fully saturated rings. The summed E-state index contributed by atoms with van der Waals surface area (Å²) in [6.45, 7) is 1.80. The summed E-state index contributed by atoms with van der Waals surface area (Å²) in [5.41, 5.74) is 0.678. The molecular formula is C12H14FN3O. The number of benzene rings is 1. The quantitative estimate of drug-likeness (QED) is 0.831. The molecular weight excluding hydrogens is 221 g/mol. The molecule has 90 valence electrons.